The van der Waals surface area contributed by atoms with Gasteiger partial charge in [0, 0.05) is 10.6 Å². The van der Waals surface area contributed by atoms with Gasteiger partial charge in [-0.25, -0.2) is 0 Å². The van der Waals surface area contributed by atoms with E-state index in [9.17, 15) is 4.79 Å². The van der Waals surface area contributed by atoms with Crippen LogP contribution in [0.4, 0.5) is 0 Å². The van der Waals surface area contributed by atoms with Gasteiger partial charge in [0.15, 0.2) is 0 Å². The van der Waals surface area contributed by atoms with E-state index in [1.165, 1.54) is 7.11 Å². The molecule has 0 N–H and O–H groups in total. The van der Waals surface area contributed by atoms with Crippen molar-refractivity contribution < 1.29 is 14.3 Å². The van der Waals surface area contributed by atoms with E-state index in [-0.39, 0.29) is 12.1 Å². The summed E-state index contributed by atoms with van der Waals surface area (Å²) in [5.74, 6) is -0.0184. The Kier molecular flexibility index (Phi) is 3.36. The molecule has 102 valence electrons. The van der Waals surface area contributed by atoms with E-state index >= 15 is 0 Å². The summed E-state index contributed by atoms with van der Waals surface area (Å²) in [7, 11) is 1.39. The van der Waals surface area contributed by atoms with E-state index in [4.69, 9.17) is 21.1 Å². The van der Waals surface area contributed by atoms with Crippen LogP contribution in [0, 0.1) is 0 Å². The third-order valence-electron chi connectivity index (χ3n) is 3.46. The molecule has 0 fully saturated rings. The largest absolute Gasteiger partial charge is 0.484 e. The van der Waals surface area contributed by atoms with Crippen molar-refractivity contribution in [2.24, 2.45) is 0 Å². The van der Waals surface area contributed by atoms with Crippen LogP contribution < -0.4 is 4.74 Å². The minimum atomic E-state index is -0.447. The Morgan fingerprint density at radius 2 is 1.85 bits per heavy atom. The van der Waals surface area contributed by atoms with Crippen LogP contribution in [0.25, 0.3) is 0 Å². The molecule has 0 aliphatic carbocycles. The predicted octanol–water partition coefficient (Wildman–Crippen LogP) is 3.73. The SMILES string of the molecule is COC(=O)[C@@H]1c2ccccc2O[C@H]1c1ccc(Cl)cc1. The monoisotopic (exact) mass is 288 g/mol. The predicted molar refractivity (Wildman–Crippen MR) is 76.0 cm³/mol. The fraction of sp³-hybridized carbons (Fsp3) is 0.188. The van der Waals surface area contributed by atoms with Gasteiger partial charge < -0.3 is 9.47 Å². The second kappa shape index (κ2) is 5.17. The highest BCUT2D eigenvalue weighted by Gasteiger charge is 2.41. The van der Waals surface area contributed by atoms with Crippen molar-refractivity contribution in [2.75, 3.05) is 7.11 Å². The highest BCUT2D eigenvalue weighted by atomic mass is 35.5. The summed E-state index contributed by atoms with van der Waals surface area (Å²) in [5, 5.41) is 0.652. The van der Waals surface area contributed by atoms with Crippen molar-refractivity contribution in [1.82, 2.24) is 0 Å². The molecule has 0 spiro atoms. The second-order valence-electron chi connectivity index (χ2n) is 4.63. The van der Waals surface area contributed by atoms with Crippen LogP contribution in [-0.2, 0) is 9.53 Å². The van der Waals surface area contributed by atoms with Crippen LogP contribution >= 0.6 is 11.6 Å². The number of esters is 1. The van der Waals surface area contributed by atoms with Crippen molar-refractivity contribution in [1.29, 1.82) is 0 Å². The first-order chi connectivity index (χ1) is 9.70. The fourth-order valence-corrected chi connectivity index (χ4v) is 2.63. The minimum absolute atomic E-state index is 0.296. The lowest BCUT2D eigenvalue weighted by Crippen LogP contribution is -2.20. The van der Waals surface area contributed by atoms with Gasteiger partial charge in [-0.1, -0.05) is 41.9 Å². The summed E-state index contributed by atoms with van der Waals surface area (Å²) >= 11 is 5.90. The lowest BCUT2D eigenvalue weighted by molar-refractivity contribution is -0.144. The number of ether oxygens (including phenoxy) is 2. The number of carbonyl (C=O) groups excluding carboxylic acids is 1. The Balaban J connectivity index is 2.03. The number of hydrogen-bond donors (Lipinski definition) is 0. The first-order valence-corrected chi connectivity index (χ1v) is 6.67. The molecule has 2 aromatic rings. The van der Waals surface area contributed by atoms with Crippen LogP contribution in [0.15, 0.2) is 48.5 Å². The van der Waals surface area contributed by atoms with Gasteiger partial charge in [0.2, 0.25) is 0 Å². The zero-order chi connectivity index (χ0) is 14.1. The van der Waals surface area contributed by atoms with Gasteiger partial charge in [-0.15, -0.1) is 0 Å². The average molecular weight is 289 g/mol. The van der Waals surface area contributed by atoms with E-state index in [1.54, 1.807) is 12.1 Å². The Hall–Kier alpha value is -2.00. The molecule has 0 bridgehead atoms. The lowest BCUT2D eigenvalue weighted by Gasteiger charge is -2.17. The van der Waals surface area contributed by atoms with Crippen LogP contribution in [0.1, 0.15) is 23.1 Å². The van der Waals surface area contributed by atoms with Gasteiger partial charge in [0.25, 0.3) is 0 Å². The number of para-hydroxylation sites is 1. The molecule has 1 aliphatic rings. The van der Waals surface area contributed by atoms with E-state index in [1.807, 2.05) is 36.4 Å². The molecule has 20 heavy (non-hydrogen) atoms. The summed E-state index contributed by atoms with van der Waals surface area (Å²) in [4.78, 5) is 12.1. The molecular formula is C16H13ClO3. The molecule has 1 aliphatic heterocycles. The summed E-state index contributed by atoms with van der Waals surface area (Å²) in [5.41, 5.74) is 1.76. The van der Waals surface area contributed by atoms with Crippen molar-refractivity contribution in [3.05, 3.63) is 64.7 Å². The molecule has 3 nitrogen and oxygen atoms in total. The highest BCUT2D eigenvalue weighted by molar-refractivity contribution is 6.30. The normalized spacial score (nSPS) is 20.1. The average Bonchev–Trinajstić information content (AvgIpc) is 2.86. The van der Waals surface area contributed by atoms with Crippen molar-refractivity contribution in [2.45, 2.75) is 12.0 Å². The number of hydrogen-bond acceptors (Lipinski definition) is 3. The minimum Gasteiger partial charge on any atom is -0.484 e. The van der Waals surface area contributed by atoms with Crippen LogP contribution in [0.2, 0.25) is 5.02 Å². The zero-order valence-corrected chi connectivity index (χ0v) is 11.6. The van der Waals surface area contributed by atoms with E-state index in [0.29, 0.717) is 5.02 Å². The number of carbonyl (C=O) groups is 1. The maximum Gasteiger partial charge on any atom is 0.317 e. The van der Waals surface area contributed by atoms with Crippen LogP contribution in [0.3, 0.4) is 0 Å². The molecule has 0 aromatic heterocycles. The lowest BCUT2D eigenvalue weighted by atomic mass is 9.91. The second-order valence-corrected chi connectivity index (χ2v) is 5.07. The summed E-state index contributed by atoms with van der Waals surface area (Å²) in [6, 6.07) is 14.9. The molecule has 0 amide bonds. The Morgan fingerprint density at radius 3 is 2.55 bits per heavy atom. The zero-order valence-electron chi connectivity index (χ0n) is 10.9. The molecule has 0 saturated carbocycles. The summed E-state index contributed by atoms with van der Waals surface area (Å²) in [6.07, 6.45) is -0.378. The van der Waals surface area contributed by atoms with E-state index in [2.05, 4.69) is 0 Å². The highest BCUT2D eigenvalue weighted by Crippen LogP contribution is 2.46. The topological polar surface area (TPSA) is 35.5 Å². The summed E-state index contributed by atoms with van der Waals surface area (Å²) < 4.78 is 10.8. The molecule has 0 unspecified atom stereocenters. The molecule has 4 heteroatoms. The molecule has 0 radical (unpaired) electrons. The van der Waals surface area contributed by atoms with Crippen molar-refractivity contribution >= 4 is 17.6 Å². The van der Waals surface area contributed by atoms with E-state index in [0.717, 1.165) is 16.9 Å². The number of methoxy groups -OCH3 is 1. The molecular weight excluding hydrogens is 276 g/mol. The number of fused-ring (bicyclic) bond motifs is 1. The van der Waals surface area contributed by atoms with Crippen molar-refractivity contribution in [3.63, 3.8) is 0 Å². The van der Waals surface area contributed by atoms with Gasteiger partial charge in [-0.3, -0.25) is 4.79 Å². The number of rotatable bonds is 2. The third kappa shape index (κ3) is 2.14. The summed E-state index contributed by atoms with van der Waals surface area (Å²) in [6.45, 7) is 0. The van der Waals surface area contributed by atoms with Gasteiger partial charge in [-0.05, 0) is 23.8 Å². The maximum atomic E-state index is 12.1. The quantitative estimate of drug-likeness (QED) is 0.790. The van der Waals surface area contributed by atoms with Crippen LogP contribution in [0.5, 0.6) is 5.75 Å². The molecule has 0 saturated heterocycles. The number of benzene rings is 2. The molecule has 1 heterocycles. The van der Waals surface area contributed by atoms with Gasteiger partial charge in [-0.2, -0.15) is 0 Å². The van der Waals surface area contributed by atoms with Crippen LogP contribution in [-0.4, -0.2) is 13.1 Å². The smallest absolute Gasteiger partial charge is 0.317 e. The Labute approximate surface area is 122 Å². The number of halogens is 1. The molecule has 2 aromatic carbocycles. The van der Waals surface area contributed by atoms with Gasteiger partial charge in [0.1, 0.15) is 17.8 Å². The third-order valence-corrected chi connectivity index (χ3v) is 3.72. The fourth-order valence-electron chi connectivity index (χ4n) is 2.50. The van der Waals surface area contributed by atoms with Gasteiger partial charge in [0.05, 0.1) is 7.11 Å². The van der Waals surface area contributed by atoms with Gasteiger partial charge >= 0.3 is 5.97 Å². The Bertz CT molecular complexity index is 636. The standard InChI is InChI=1S/C16H13ClO3/c1-19-16(18)14-12-4-2-3-5-13(12)20-15(14)10-6-8-11(17)9-7-10/h2-9,14-15H,1H3/t14-,15+/m1/s1. The van der Waals surface area contributed by atoms with E-state index < -0.39 is 5.92 Å². The van der Waals surface area contributed by atoms with Crippen molar-refractivity contribution in [3.8, 4) is 5.75 Å². The Morgan fingerprint density at radius 1 is 1.15 bits per heavy atom. The molecule has 3 rings (SSSR count). The first-order valence-electron chi connectivity index (χ1n) is 6.29. The molecule has 2 atom stereocenters. The first kappa shape index (κ1) is 13.0. The maximum absolute atomic E-state index is 12.1.